The van der Waals surface area contributed by atoms with E-state index in [1.54, 1.807) is 30.2 Å². The van der Waals surface area contributed by atoms with Crippen molar-refractivity contribution < 1.29 is 19.4 Å². The van der Waals surface area contributed by atoms with E-state index in [0.717, 1.165) is 24.2 Å². The molecule has 6 nitrogen and oxygen atoms in total. The van der Waals surface area contributed by atoms with Crippen molar-refractivity contribution in [2.75, 3.05) is 33.3 Å². The number of allylic oxidation sites excluding steroid dienone is 1. The molecule has 1 N–H and O–H groups in total. The number of aliphatic hydroxyl groups excluding tert-OH is 1. The number of carbonyl (C=O) groups is 2. The molecule has 0 spiro atoms. The van der Waals surface area contributed by atoms with Gasteiger partial charge in [0.1, 0.15) is 5.75 Å². The average Bonchev–Trinajstić information content (AvgIpc) is 3.09. The minimum atomic E-state index is -0.656. The standard InChI is InChI=1S/C26H30N2O4/c1-4-27(5-2)17-18-28-24(20-12-14-21(32-3)15-13-20)23(25(30)26(28)31)22(29)16-11-19-9-7-6-8-10-19/h6-16,24,30H,4-5,17-18H2,1-3H3/b16-11+. The van der Waals surface area contributed by atoms with Crippen LogP contribution in [-0.2, 0) is 9.59 Å². The number of methoxy groups -OCH3 is 1. The van der Waals surface area contributed by atoms with Gasteiger partial charge in [-0.1, -0.05) is 62.4 Å². The highest BCUT2D eigenvalue weighted by atomic mass is 16.5. The summed E-state index contributed by atoms with van der Waals surface area (Å²) in [5.74, 6) is -0.703. The molecule has 168 valence electrons. The molecular weight excluding hydrogens is 404 g/mol. The fraction of sp³-hybridized carbons (Fsp3) is 0.308. The summed E-state index contributed by atoms with van der Waals surface area (Å²) in [6.07, 6.45) is 3.11. The third kappa shape index (κ3) is 5.08. The number of carbonyl (C=O) groups excluding carboxylic acids is 2. The second-order valence-corrected chi connectivity index (χ2v) is 7.57. The van der Waals surface area contributed by atoms with Crippen molar-refractivity contribution in [1.29, 1.82) is 0 Å². The normalized spacial score (nSPS) is 16.4. The Morgan fingerprint density at radius 3 is 2.34 bits per heavy atom. The van der Waals surface area contributed by atoms with E-state index in [0.29, 0.717) is 18.8 Å². The third-order valence-corrected chi connectivity index (χ3v) is 5.78. The van der Waals surface area contributed by atoms with Gasteiger partial charge in [0, 0.05) is 13.1 Å². The highest BCUT2D eigenvalue weighted by molar-refractivity contribution is 6.14. The molecule has 1 atom stereocenters. The number of ketones is 1. The zero-order valence-corrected chi connectivity index (χ0v) is 18.8. The summed E-state index contributed by atoms with van der Waals surface area (Å²) >= 11 is 0. The van der Waals surface area contributed by atoms with Crippen LogP contribution in [0.15, 0.2) is 72.0 Å². The Kier molecular flexibility index (Phi) is 7.84. The molecule has 0 bridgehead atoms. The van der Waals surface area contributed by atoms with Gasteiger partial charge in [0.25, 0.3) is 5.91 Å². The Morgan fingerprint density at radius 1 is 1.09 bits per heavy atom. The Bertz CT molecular complexity index is 992. The van der Waals surface area contributed by atoms with Gasteiger partial charge in [0.15, 0.2) is 11.5 Å². The topological polar surface area (TPSA) is 70.1 Å². The Morgan fingerprint density at radius 2 is 1.75 bits per heavy atom. The van der Waals surface area contributed by atoms with Gasteiger partial charge in [-0.05, 0) is 42.4 Å². The Labute approximate surface area is 189 Å². The molecule has 2 aromatic rings. The number of ether oxygens (including phenoxy) is 1. The number of amides is 1. The van der Waals surface area contributed by atoms with E-state index in [2.05, 4.69) is 18.7 Å². The SMILES string of the molecule is CCN(CC)CCN1C(=O)C(O)=C(C(=O)/C=C/c2ccccc2)C1c1ccc(OC)cc1. The summed E-state index contributed by atoms with van der Waals surface area (Å²) in [4.78, 5) is 29.9. The molecule has 1 unspecified atom stereocenters. The summed E-state index contributed by atoms with van der Waals surface area (Å²) < 4.78 is 5.24. The van der Waals surface area contributed by atoms with Crippen LogP contribution >= 0.6 is 0 Å². The Hall–Kier alpha value is -3.38. The average molecular weight is 435 g/mol. The van der Waals surface area contributed by atoms with Crippen LogP contribution in [0.5, 0.6) is 5.75 Å². The van der Waals surface area contributed by atoms with Crippen LogP contribution in [0.4, 0.5) is 0 Å². The van der Waals surface area contributed by atoms with E-state index < -0.39 is 17.7 Å². The van der Waals surface area contributed by atoms with E-state index in [1.165, 1.54) is 6.08 Å². The van der Waals surface area contributed by atoms with Crippen molar-refractivity contribution in [3.05, 3.63) is 83.1 Å². The fourth-order valence-electron chi connectivity index (χ4n) is 3.88. The summed E-state index contributed by atoms with van der Waals surface area (Å²) in [6.45, 7) is 6.90. The van der Waals surface area contributed by atoms with Crippen molar-refractivity contribution in [2.24, 2.45) is 0 Å². The molecule has 0 fully saturated rings. The summed E-state index contributed by atoms with van der Waals surface area (Å²) in [5, 5.41) is 10.7. The largest absolute Gasteiger partial charge is 0.503 e. The van der Waals surface area contributed by atoms with E-state index in [1.807, 2.05) is 42.5 Å². The summed E-state index contributed by atoms with van der Waals surface area (Å²) in [7, 11) is 1.58. The number of aliphatic hydroxyl groups is 1. The van der Waals surface area contributed by atoms with Gasteiger partial charge in [0.2, 0.25) is 0 Å². The van der Waals surface area contributed by atoms with E-state index in [4.69, 9.17) is 4.74 Å². The van der Waals surface area contributed by atoms with E-state index in [-0.39, 0.29) is 11.4 Å². The molecular formula is C26H30N2O4. The Balaban J connectivity index is 1.95. The van der Waals surface area contributed by atoms with Crippen LogP contribution in [0, 0.1) is 0 Å². The molecule has 0 aromatic heterocycles. The van der Waals surface area contributed by atoms with Gasteiger partial charge in [-0.3, -0.25) is 9.59 Å². The lowest BCUT2D eigenvalue weighted by atomic mass is 9.95. The van der Waals surface area contributed by atoms with Crippen LogP contribution < -0.4 is 4.74 Å². The van der Waals surface area contributed by atoms with Crippen molar-refractivity contribution >= 4 is 17.8 Å². The van der Waals surface area contributed by atoms with Crippen LogP contribution in [0.3, 0.4) is 0 Å². The highest BCUT2D eigenvalue weighted by Gasteiger charge is 2.42. The lowest BCUT2D eigenvalue weighted by Crippen LogP contribution is -2.38. The van der Waals surface area contributed by atoms with Crippen LogP contribution in [0.1, 0.15) is 31.0 Å². The number of rotatable bonds is 10. The molecule has 1 heterocycles. The maximum absolute atomic E-state index is 13.2. The maximum Gasteiger partial charge on any atom is 0.290 e. The van der Waals surface area contributed by atoms with Gasteiger partial charge in [0.05, 0.1) is 18.7 Å². The molecule has 1 aliphatic heterocycles. The molecule has 0 radical (unpaired) electrons. The van der Waals surface area contributed by atoms with Crippen molar-refractivity contribution in [1.82, 2.24) is 9.80 Å². The number of benzene rings is 2. The first kappa shape index (κ1) is 23.3. The minimum absolute atomic E-state index is 0.104. The molecule has 6 heteroatoms. The van der Waals surface area contributed by atoms with Gasteiger partial charge >= 0.3 is 0 Å². The first-order valence-corrected chi connectivity index (χ1v) is 10.9. The van der Waals surface area contributed by atoms with Crippen molar-refractivity contribution in [3.8, 4) is 5.75 Å². The molecule has 3 rings (SSSR count). The lowest BCUT2D eigenvalue weighted by Gasteiger charge is -2.29. The monoisotopic (exact) mass is 434 g/mol. The second kappa shape index (κ2) is 10.8. The molecule has 0 aliphatic carbocycles. The number of hydrogen-bond donors (Lipinski definition) is 1. The van der Waals surface area contributed by atoms with Crippen LogP contribution in [0.25, 0.3) is 6.08 Å². The fourth-order valence-corrected chi connectivity index (χ4v) is 3.88. The summed E-state index contributed by atoms with van der Waals surface area (Å²) in [5.41, 5.74) is 1.72. The van der Waals surface area contributed by atoms with Crippen LogP contribution in [0.2, 0.25) is 0 Å². The zero-order valence-electron chi connectivity index (χ0n) is 18.8. The maximum atomic E-state index is 13.2. The molecule has 0 saturated heterocycles. The second-order valence-electron chi connectivity index (χ2n) is 7.57. The third-order valence-electron chi connectivity index (χ3n) is 5.78. The zero-order chi connectivity index (χ0) is 23.1. The molecule has 2 aromatic carbocycles. The van der Waals surface area contributed by atoms with Gasteiger partial charge in [-0.2, -0.15) is 0 Å². The van der Waals surface area contributed by atoms with Gasteiger partial charge < -0.3 is 19.6 Å². The predicted molar refractivity (Wildman–Crippen MR) is 125 cm³/mol. The van der Waals surface area contributed by atoms with Gasteiger partial charge in [-0.25, -0.2) is 0 Å². The van der Waals surface area contributed by atoms with Crippen molar-refractivity contribution in [3.63, 3.8) is 0 Å². The van der Waals surface area contributed by atoms with E-state index >= 15 is 0 Å². The molecule has 1 aliphatic rings. The van der Waals surface area contributed by atoms with Crippen molar-refractivity contribution in [2.45, 2.75) is 19.9 Å². The first-order chi connectivity index (χ1) is 15.5. The first-order valence-electron chi connectivity index (χ1n) is 10.9. The molecule has 0 saturated carbocycles. The predicted octanol–water partition coefficient (Wildman–Crippen LogP) is 4.01. The number of likely N-dealkylation sites (N-methyl/N-ethyl adjacent to an activating group) is 1. The molecule has 32 heavy (non-hydrogen) atoms. The van der Waals surface area contributed by atoms with Crippen LogP contribution in [-0.4, -0.2) is 59.9 Å². The smallest absolute Gasteiger partial charge is 0.290 e. The highest BCUT2D eigenvalue weighted by Crippen LogP contribution is 2.38. The van der Waals surface area contributed by atoms with Gasteiger partial charge in [-0.15, -0.1) is 0 Å². The number of nitrogens with zero attached hydrogens (tertiary/aromatic N) is 2. The quantitative estimate of drug-likeness (QED) is 0.572. The summed E-state index contributed by atoms with van der Waals surface area (Å²) in [6, 6.07) is 16.0. The number of hydrogen-bond acceptors (Lipinski definition) is 5. The molecule has 1 amide bonds. The minimum Gasteiger partial charge on any atom is -0.503 e. The lowest BCUT2D eigenvalue weighted by molar-refractivity contribution is -0.129. The van der Waals surface area contributed by atoms with E-state index in [9.17, 15) is 14.7 Å².